The molecule has 2 aromatic heterocycles. The van der Waals surface area contributed by atoms with E-state index in [4.69, 9.17) is 4.42 Å². The van der Waals surface area contributed by atoms with Crippen LogP contribution < -0.4 is 5.43 Å². The highest BCUT2D eigenvalue weighted by atomic mass is 32.1. The molecule has 0 spiro atoms. The summed E-state index contributed by atoms with van der Waals surface area (Å²) in [5.41, 5.74) is 0.624. The maximum absolute atomic E-state index is 12.2. The van der Waals surface area contributed by atoms with Crippen LogP contribution in [-0.2, 0) is 0 Å². The number of rotatable bonds is 2. The summed E-state index contributed by atoms with van der Waals surface area (Å²) in [6.45, 7) is 0. The molecule has 0 amide bonds. The highest BCUT2D eigenvalue weighted by Gasteiger charge is 2.17. The molecule has 0 aliphatic heterocycles. The second kappa shape index (κ2) is 4.40. The summed E-state index contributed by atoms with van der Waals surface area (Å²) < 4.78 is 5.39. The van der Waals surface area contributed by atoms with Gasteiger partial charge in [0, 0.05) is 4.88 Å². The Kier molecular flexibility index (Phi) is 2.74. The minimum absolute atomic E-state index is 0.183. The molecule has 3 aromatic rings. The first-order valence-corrected chi connectivity index (χ1v) is 6.37. The minimum Gasteiger partial charge on any atom is -0.464 e. The Bertz CT molecular complexity index is 728. The Labute approximate surface area is 107 Å². The lowest BCUT2D eigenvalue weighted by molar-refractivity contribution is 0.220. The smallest absolute Gasteiger partial charge is 0.198 e. The summed E-state index contributed by atoms with van der Waals surface area (Å²) in [7, 11) is 0. The predicted octanol–water partition coefficient (Wildman–Crippen LogP) is 2.94. The molecule has 4 heteroatoms. The molecule has 0 radical (unpaired) electrons. The van der Waals surface area contributed by atoms with Crippen LogP contribution in [0.1, 0.15) is 16.5 Å². The van der Waals surface area contributed by atoms with E-state index in [0.29, 0.717) is 11.0 Å². The van der Waals surface area contributed by atoms with Crippen molar-refractivity contribution >= 4 is 22.3 Å². The number of hydrogen-bond donors (Lipinski definition) is 1. The standard InChI is InChI=1S/C14H10O3S/c15-13-9-4-1-2-5-11(9)17-8-10(13)14(16)12-6-3-7-18-12/h1-8,14,16H. The van der Waals surface area contributed by atoms with Crippen molar-refractivity contribution in [2.45, 2.75) is 6.10 Å². The highest BCUT2D eigenvalue weighted by molar-refractivity contribution is 7.10. The summed E-state index contributed by atoms with van der Waals surface area (Å²) >= 11 is 1.41. The summed E-state index contributed by atoms with van der Waals surface area (Å²) in [6, 6.07) is 10.7. The monoisotopic (exact) mass is 258 g/mol. The molecule has 1 aromatic carbocycles. The van der Waals surface area contributed by atoms with E-state index in [2.05, 4.69) is 0 Å². The van der Waals surface area contributed by atoms with Crippen LogP contribution >= 0.6 is 11.3 Å². The first-order chi connectivity index (χ1) is 8.77. The van der Waals surface area contributed by atoms with Gasteiger partial charge in [0.2, 0.25) is 0 Å². The van der Waals surface area contributed by atoms with Crippen LogP contribution in [-0.4, -0.2) is 5.11 Å². The van der Waals surface area contributed by atoms with Crippen LogP contribution in [0.15, 0.2) is 57.3 Å². The molecule has 90 valence electrons. The zero-order valence-corrected chi connectivity index (χ0v) is 10.2. The molecule has 1 N–H and O–H groups in total. The van der Waals surface area contributed by atoms with Crippen molar-refractivity contribution in [1.29, 1.82) is 0 Å². The van der Waals surface area contributed by atoms with E-state index in [-0.39, 0.29) is 11.0 Å². The quantitative estimate of drug-likeness (QED) is 0.769. The average molecular weight is 258 g/mol. The van der Waals surface area contributed by atoms with Gasteiger partial charge in [-0.1, -0.05) is 18.2 Å². The second-order valence-corrected chi connectivity index (χ2v) is 4.91. The van der Waals surface area contributed by atoms with Gasteiger partial charge in [-0.05, 0) is 23.6 Å². The number of aliphatic hydroxyl groups is 1. The van der Waals surface area contributed by atoms with E-state index in [9.17, 15) is 9.90 Å². The number of para-hydroxylation sites is 1. The maximum atomic E-state index is 12.2. The van der Waals surface area contributed by atoms with Crippen LogP contribution in [0.3, 0.4) is 0 Å². The van der Waals surface area contributed by atoms with Gasteiger partial charge < -0.3 is 9.52 Å². The fraction of sp³-hybridized carbons (Fsp3) is 0.0714. The largest absolute Gasteiger partial charge is 0.464 e. The second-order valence-electron chi connectivity index (χ2n) is 3.93. The van der Waals surface area contributed by atoms with E-state index in [1.54, 1.807) is 30.3 Å². The van der Waals surface area contributed by atoms with Crippen LogP contribution in [0.5, 0.6) is 0 Å². The Hall–Kier alpha value is -1.91. The first-order valence-electron chi connectivity index (χ1n) is 5.49. The Morgan fingerprint density at radius 1 is 1.17 bits per heavy atom. The zero-order valence-electron chi connectivity index (χ0n) is 9.37. The van der Waals surface area contributed by atoms with Crippen LogP contribution in [0.25, 0.3) is 11.0 Å². The molecule has 0 saturated carbocycles. The third kappa shape index (κ3) is 1.75. The predicted molar refractivity (Wildman–Crippen MR) is 70.9 cm³/mol. The lowest BCUT2D eigenvalue weighted by Crippen LogP contribution is -2.13. The average Bonchev–Trinajstić information content (AvgIpc) is 2.93. The van der Waals surface area contributed by atoms with E-state index >= 15 is 0 Å². The van der Waals surface area contributed by atoms with Crippen molar-refractivity contribution in [3.63, 3.8) is 0 Å². The molecule has 0 aliphatic rings. The third-order valence-corrected chi connectivity index (χ3v) is 3.74. The van der Waals surface area contributed by atoms with Crippen molar-refractivity contribution in [2.24, 2.45) is 0 Å². The number of benzene rings is 1. The number of hydrogen-bond acceptors (Lipinski definition) is 4. The fourth-order valence-corrected chi connectivity index (χ4v) is 2.61. The van der Waals surface area contributed by atoms with Crippen LogP contribution in [0.2, 0.25) is 0 Å². The molecule has 1 atom stereocenters. The molecule has 3 rings (SSSR count). The van der Waals surface area contributed by atoms with Crippen molar-refractivity contribution in [3.05, 3.63) is 68.7 Å². The highest BCUT2D eigenvalue weighted by Crippen LogP contribution is 2.25. The van der Waals surface area contributed by atoms with Gasteiger partial charge in [-0.3, -0.25) is 4.79 Å². The first kappa shape index (κ1) is 11.2. The lowest BCUT2D eigenvalue weighted by Gasteiger charge is -2.08. The number of fused-ring (bicyclic) bond motifs is 1. The maximum Gasteiger partial charge on any atom is 0.198 e. The van der Waals surface area contributed by atoms with E-state index in [0.717, 1.165) is 4.88 Å². The van der Waals surface area contributed by atoms with E-state index in [1.807, 2.05) is 11.4 Å². The molecule has 0 aliphatic carbocycles. The summed E-state index contributed by atoms with van der Waals surface area (Å²) in [6.07, 6.45) is 0.417. The van der Waals surface area contributed by atoms with Crippen molar-refractivity contribution in [2.75, 3.05) is 0 Å². The molecule has 1 unspecified atom stereocenters. The fourth-order valence-electron chi connectivity index (χ4n) is 1.88. The summed E-state index contributed by atoms with van der Waals surface area (Å²) in [4.78, 5) is 13.0. The molecule has 0 fully saturated rings. The molecule has 0 bridgehead atoms. The molecule has 0 saturated heterocycles. The van der Waals surface area contributed by atoms with Gasteiger partial charge in [0.25, 0.3) is 0 Å². The van der Waals surface area contributed by atoms with E-state index < -0.39 is 6.10 Å². The van der Waals surface area contributed by atoms with E-state index in [1.165, 1.54) is 17.6 Å². The topological polar surface area (TPSA) is 50.4 Å². The van der Waals surface area contributed by atoms with Gasteiger partial charge in [0.15, 0.2) is 5.43 Å². The van der Waals surface area contributed by atoms with Gasteiger partial charge in [0.1, 0.15) is 18.0 Å². The van der Waals surface area contributed by atoms with Crippen LogP contribution in [0.4, 0.5) is 0 Å². The Morgan fingerprint density at radius 2 is 2.00 bits per heavy atom. The number of thiophene rings is 1. The van der Waals surface area contributed by atoms with Gasteiger partial charge in [0.05, 0.1) is 10.9 Å². The SMILES string of the molecule is O=c1c(C(O)c2cccs2)coc2ccccc12. The van der Waals surface area contributed by atoms with Gasteiger partial charge >= 0.3 is 0 Å². The zero-order chi connectivity index (χ0) is 12.5. The number of aliphatic hydroxyl groups excluding tert-OH is 1. The van der Waals surface area contributed by atoms with Crippen molar-refractivity contribution in [3.8, 4) is 0 Å². The van der Waals surface area contributed by atoms with Gasteiger partial charge in [-0.15, -0.1) is 11.3 Å². The Morgan fingerprint density at radius 3 is 2.78 bits per heavy atom. The minimum atomic E-state index is -0.925. The molecule has 18 heavy (non-hydrogen) atoms. The van der Waals surface area contributed by atoms with Gasteiger partial charge in [-0.2, -0.15) is 0 Å². The summed E-state index contributed by atoms with van der Waals surface area (Å²) in [5.74, 6) is 0. The Balaban J connectivity index is 2.19. The van der Waals surface area contributed by atoms with Gasteiger partial charge in [-0.25, -0.2) is 0 Å². The summed E-state index contributed by atoms with van der Waals surface area (Å²) in [5, 5.41) is 12.5. The third-order valence-electron chi connectivity index (χ3n) is 2.81. The molecule has 2 heterocycles. The lowest BCUT2D eigenvalue weighted by atomic mass is 10.1. The van der Waals surface area contributed by atoms with Crippen molar-refractivity contribution in [1.82, 2.24) is 0 Å². The molecule has 3 nitrogen and oxygen atoms in total. The molecular formula is C14H10O3S. The normalized spacial score (nSPS) is 12.7. The van der Waals surface area contributed by atoms with Crippen LogP contribution in [0, 0.1) is 0 Å². The van der Waals surface area contributed by atoms with Crippen molar-refractivity contribution < 1.29 is 9.52 Å². The molecular weight excluding hydrogens is 248 g/mol.